The van der Waals surface area contributed by atoms with E-state index in [4.69, 9.17) is 0 Å². The quantitative estimate of drug-likeness (QED) is 0.912. The molecular weight excluding hydrogens is 252 g/mol. The molecule has 1 aliphatic rings. The molecule has 2 heterocycles. The lowest BCUT2D eigenvalue weighted by molar-refractivity contribution is -0.140. The second kappa shape index (κ2) is 5.95. The van der Waals surface area contributed by atoms with Crippen molar-refractivity contribution in [3.05, 3.63) is 18.0 Å². The number of piperidine rings is 1. The zero-order valence-corrected chi connectivity index (χ0v) is 13.0. The Kier molecular flexibility index (Phi) is 4.48. The van der Waals surface area contributed by atoms with E-state index in [2.05, 4.69) is 10.4 Å². The van der Waals surface area contributed by atoms with E-state index >= 15 is 0 Å². The van der Waals surface area contributed by atoms with E-state index in [-0.39, 0.29) is 11.3 Å². The first-order valence-electron chi connectivity index (χ1n) is 7.36. The lowest BCUT2D eigenvalue weighted by Crippen LogP contribution is -2.48. The van der Waals surface area contributed by atoms with Crippen LogP contribution < -0.4 is 5.32 Å². The van der Waals surface area contributed by atoms with Gasteiger partial charge in [0.2, 0.25) is 5.91 Å². The summed E-state index contributed by atoms with van der Waals surface area (Å²) in [5, 5.41) is 7.72. The fourth-order valence-corrected chi connectivity index (χ4v) is 2.59. The van der Waals surface area contributed by atoms with Gasteiger partial charge in [-0.15, -0.1) is 0 Å². The molecule has 1 fully saturated rings. The van der Waals surface area contributed by atoms with Crippen LogP contribution in [0.5, 0.6) is 0 Å². The predicted octanol–water partition coefficient (Wildman–Crippen LogP) is 1.55. The Hall–Kier alpha value is -1.36. The third kappa shape index (κ3) is 3.82. The molecule has 0 aliphatic carbocycles. The van der Waals surface area contributed by atoms with Crippen molar-refractivity contribution in [1.82, 2.24) is 20.0 Å². The first-order chi connectivity index (χ1) is 9.36. The van der Waals surface area contributed by atoms with Gasteiger partial charge in [-0.1, -0.05) is 20.8 Å². The molecule has 0 saturated carbocycles. The Morgan fingerprint density at radius 1 is 1.40 bits per heavy atom. The van der Waals surface area contributed by atoms with Crippen LogP contribution >= 0.6 is 0 Å². The van der Waals surface area contributed by atoms with Crippen molar-refractivity contribution in [2.24, 2.45) is 12.5 Å². The van der Waals surface area contributed by atoms with Gasteiger partial charge in [0.25, 0.3) is 0 Å². The molecule has 1 aliphatic heterocycles. The molecule has 0 aromatic carbocycles. The first kappa shape index (κ1) is 15.0. The van der Waals surface area contributed by atoms with Crippen LogP contribution in [0.25, 0.3) is 0 Å². The van der Waals surface area contributed by atoms with E-state index in [1.54, 1.807) is 0 Å². The molecule has 1 amide bonds. The number of nitrogens with zero attached hydrogens (tertiary/aromatic N) is 3. The number of nitrogens with one attached hydrogen (secondary N) is 1. The molecule has 0 unspecified atom stereocenters. The average molecular weight is 278 g/mol. The summed E-state index contributed by atoms with van der Waals surface area (Å²) in [5.41, 5.74) is 0.941. The predicted molar refractivity (Wildman–Crippen MR) is 79.1 cm³/mol. The van der Waals surface area contributed by atoms with Crippen LogP contribution in [0.4, 0.5) is 0 Å². The standard InChI is InChI=1S/C15H26N4O/c1-15(2,3)14(20)19-7-5-13(6-8-19)16-9-12-10-17-18(4)11-12/h10-11,13,16H,5-9H2,1-4H3. The van der Waals surface area contributed by atoms with Crippen molar-refractivity contribution in [1.29, 1.82) is 0 Å². The number of amides is 1. The van der Waals surface area contributed by atoms with Gasteiger partial charge in [-0.05, 0) is 12.8 Å². The smallest absolute Gasteiger partial charge is 0.227 e. The van der Waals surface area contributed by atoms with Crippen LogP contribution in [-0.4, -0.2) is 39.7 Å². The van der Waals surface area contributed by atoms with Gasteiger partial charge in [0.05, 0.1) is 6.20 Å². The second-order valence-corrected chi connectivity index (χ2v) is 6.72. The summed E-state index contributed by atoms with van der Waals surface area (Å²) >= 11 is 0. The highest BCUT2D eigenvalue weighted by atomic mass is 16.2. The van der Waals surface area contributed by atoms with E-state index < -0.39 is 0 Å². The molecule has 5 heteroatoms. The highest BCUT2D eigenvalue weighted by Gasteiger charge is 2.30. The summed E-state index contributed by atoms with van der Waals surface area (Å²) in [4.78, 5) is 14.2. The van der Waals surface area contributed by atoms with Gasteiger partial charge in [-0.25, -0.2) is 0 Å². The summed E-state index contributed by atoms with van der Waals surface area (Å²) < 4.78 is 1.82. The fourth-order valence-electron chi connectivity index (χ4n) is 2.59. The molecular formula is C15H26N4O. The summed E-state index contributed by atoms with van der Waals surface area (Å²) in [5.74, 6) is 0.267. The van der Waals surface area contributed by atoms with Gasteiger partial charge in [-0.3, -0.25) is 9.48 Å². The van der Waals surface area contributed by atoms with Crippen molar-refractivity contribution >= 4 is 5.91 Å². The average Bonchev–Trinajstić information content (AvgIpc) is 2.81. The van der Waals surface area contributed by atoms with Crippen LogP contribution in [0.3, 0.4) is 0 Å². The molecule has 1 aromatic rings. The van der Waals surface area contributed by atoms with E-state index in [9.17, 15) is 4.79 Å². The number of rotatable bonds is 3. The summed E-state index contributed by atoms with van der Waals surface area (Å²) in [6.45, 7) is 8.54. The summed E-state index contributed by atoms with van der Waals surface area (Å²) in [6.07, 6.45) is 5.99. The molecule has 1 aromatic heterocycles. The molecule has 5 nitrogen and oxygen atoms in total. The van der Waals surface area contributed by atoms with Crippen LogP contribution in [0, 0.1) is 5.41 Å². The Bertz CT molecular complexity index is 453. The summed E-state index contributed by atoms with van der Waals surface area (Å²) in [6, 6.07) is 0.499. The highest BCUT2D eigenvalue weighted by molar-refractivity contribution is 5.81. The largest absolute Gasteiger partial charge is 0.342 e. The maximum absolute atomic E-state index is 12.2. The number of hydrogen-bond donors (Lipinski definition) is 1. The normalized spacial score (nSPS) is 17.5. The Labute approximate surface area is 121 Å². The summed E-state index contributed by atoms with van der Waals surface area (Å²) in [7, 11) is 1.93. The van der Waals surface area contributed by atoms with E-state index in [1.165, 1.54) is 5.56 Å². The molecule has 2 rings (SSSR count). The number of carbonyl (C=O) groups excluding carboxylic acids is 1. The Morgan fingerprint density at radius 2 is 2.05 bits per heavy atom. The van der Waals surface area contributed by atoms with Crippen molar-refractivity contribution in [3.63, 3.8) is 0 Å². The number of carbonyl (C=O) groups is 1. The number of aromatic nitrogens is 2. The minimum Gasteiger partial charge on any atom is -0.342 e. The molecule has 0 radical (unpaired) electrons. The van der Waals surface area contributed by atoms with Gasteiger partial charge < -0.3 is 10.2 Å². The van der Waals surface area contributed by atoms with Gasteiger partial charge in [0.1, 0.15) is 0 Å². The Balaban J connectivity index is 1.76. The SMILES string of the molecule is Cn1cc(CNC2CCN(C(=O)C(C)(C)C)CC2)cn1. The minimum atomic E-state index is -0.268. The van der Waals surface area contributed by atoms with Crippen molar-refractivity contribution in [2.45, 2.75) is 46.2 Å². The van der Waals surface area contributed by atoms with Gasteiger partial charge in [0, 0.05) is 49.9 Å². The zero-order chi connectivity index (χ0) is 14.8. The minimum absolute atomic E-state index is 0.267. The second-order valence-electron chi connectivity index (χ2n) is 6.72. The lowest BCUT2D eigenvalue weighted by Gasteiger charge is -2.36. The molecule has 0 atom stereocenters. The van der Waals surface area contributed by atoms with Crippen molar-refractivity contribution in [2.75, 3.05) is 13.1 Å². The van der Waals surface area contributed by atoms with Crippen LogP contribution in [-0.2, 0) is 18.4 Å². The molecule has 20 heavy (non-hydrogen) atoms. The number of hydrogen-bond acceptors (Lipinski definition) is 3. The molecule has 0 bridgehead atoms. The van der Waals surface area contributed by atoms with Gasteiger partial charge >= 0.3 is 0 Å². The van der Waals surface area contributed by atoms with E-state index in [0.29, 0.717) is 6.04 Å². The third-order valence-corrected chi connectivity index (χ3v) is 3.78. The van der Waals surface area contributed by atoms with Crippen molar-refractivity contribution < 1.29 is 4.79 Å². The van der Waals surface area contributed by atoms with Crippen LogP contribution in [0.2, 0.25) is 0 Å². The van der Waals surface area contributed by atoms with Crippen molar-refractivity contribution in [3.8, 4) is 0 Å². The van der Waals surface area contributed by atoms with E-state index in [1.807, 2.05) is 49.8 Å². The van der Waals surface area contributed by atoms with Gasteiger partial charge in [0.15, 0.2) is 0 Å². The lowest BCUT2D eigenvalue weighted by atomic mass is 9.93. The topological polar surface area (TPSA) is 50.2 Å². The number of aryl methyl sites for hydroxylation is 1. The number of likely N-dealkylation sites (tertiary alicyclic amines) is 1. The highest BCUT2D eigenvalue weighted by Crippen LogP contribution is 2.21. The molecule has 0 spiro atoms. The fraction of sp³-hybridized carbons (Fsp3) is 0.733. The van der Waals surface area contributed by atoms with Crippen LogP contribution in [0.1, 0.15) is 39.2 Å². The molecule has 1 N–H and O–H groups in total. The maximum Gasteiger partial charge on any atom is 0.227 e. The maximum atomic E-state index is 12.2. The first-order valence-corrected chi connectivity index (χ1v) is 7.36. The van der Waals surface area contributed by atoms with E-state index in [0.717, 1.165) is 32.5 Å². The van der Waals surface area contributed by atoms with Crippen LogP contribution in [0.15, 0.2) is 12.4 Å². The Morgan fingerprint density at radius 3 is 2.55 bits per heavy atom. The zero-order valence-electron chi connectivity index (χ0n) is 13.0. The third-order valence-electron chi connectivity index (χ3n) is 3.78. The molecule has 112 valence electrons. The monoisotopic (exact) mass is 278 g/mol. The van der Waals surface area contributed by atoms with Gasteiger partial charge in [-0.2, -0.15) is 5.10 Å². The molecule has 1 saturated heterocycles.